The first-order chi connectivity index (χ1) is 11.6. The van der Waals surface area contributed by atoms with Crippen LogP contribution < -0.4 is 4.90 Å². The molecule has 3 aromatic rings. The van der Waals surface area contributed by atoms with Crippen molar-refractivity contribution in [2.75, 3.05) is 17.2 Å². The number of amides is 1. The first-order valence-electron chi connectivity index (χ1n) is 7.27. The number of thioether (sulfide) groups is 1. The number of aromatic nitrogens is 3. The summed E-state index contributed by atoms with van der Waals surface area (Å²) >= 11 is 7.18. The van der Waals surface area contributed by atoms with Crippen LogP contribution in [0, 0.1) is 5.82 Å². The second-order valence-corrected chi connectivity index (χ2v) is 6.37. The monoisotopic (exact) mass is 364 g/mol. The zero-order valence-electron chi connectivity index (χ0n) is 12.8. The third-order valence-electron chi connectivity index (χ3n) is 3.37. The molecule has 1 amide bonds. The Kier molecular flexibility index (Phi) is 5.01. The van der Waals surface area contributed by atoms with E-state index in [1.54, 1.807) is 23.1 Å². The topological polar surface area (TPSA) is 61.9 Å². The van der Waals surface area contributed by atoms with E-state index in [2.05, 4.69) is 15.0 Å². The number of nitrogens with zero attached hydrogens (tertiary/aromatic N) is 3. The Bertz CT molecular complexity index is 868. The maximum absolute atomic E-state index is 13.0. The zero-order valence-corrected chi connectivity index (χ0v) is 14.4. The molecule has 124 valence electrons. The van der Waals surface area contributed by atoms with Crippen LogP contribution in [-0.4, -0.2) is 33.2 Å². The van der Waals surface area contributed by atoms with Crippen LogP contribution in [0.3, 0.4) is 0 Å². The fourth-order valence-corrected chi connectivity index (χ4v) is 3.16. The van der Waals surface area contributed by atoms with E-state index in [9.17, 15) is 9.18 Å². The number of benzene rings is 1. The van der Waals surface area contributed by atoms with Crippen LogP contribution in [-0.2, 0) is 4.79 Å². The summed E-state index contributed by atoms with van der Waals surface area (Å²) in [5, 5.41) is 1.12. The molecule has 0 aliphatic heterocycles. The standard InChI is InChI=1S/C16H14ClFN4OS/c1-2-22(12-5-3-11(18)4-6-12)14(23)9-24-16-20-13-7-10(17)8-19-15(13)21-16/h3-8H,2,9H2,1H3,(H,19,20,21). The number of nitrogens with one attached hydrogen (secondary N) is 1. The van der Waals surface area contributed by atoms with Crippen molar-refractivity contribution in [1.82, 2.24) is 15.0 Å². The smallest absolute Gasteiger partial charge is 0.237 e. The Balaban J connectivity index is 1.69. The number of hydrogen-bond donors (Lipinski definition) is 1. The van der Waals surface area contributed by atoms with E-state index in [1.165, 1.54) is 30.1 Å². The molecule has 1 N–H and O–H groups in total. The van der Waals surface area contributed by atoms with Crippen LogP contribution >= 0.6 is 23.4 Å². The van der Waals surface area contributed by atoms with Crippen molar-refractivity contribution in [1.29, 1.82) is 0 Å². The maximum atomic E-state index is 13.0. The molecule has 0 aliphatic rings. The molecule has 24 heavy (non-hydrogen) atoms. The molecule has 5 nitrogen and oxygen atoms in total. The van der Waals surface area contributed by atoms with E-state index in [0.29, 0.717) is 28.1 Å². The zero-order chi connectivity index (χ0) is 17.1. The lowest BCUT2D eigenvalue weighted by Crippen LogP contribution is -2.32. The van der Waals surface area contributed by atoms with E-state index in [-0.39, 0.29) is 17.5 Å². The van der Waals surface area contributed by atoms with Crippen LogP contribution in [0.2, 0.25) is 5.02 Å². The molecule has 0 radical (unpaired) electrons. The van der Waals surface area contributed by atoms with E-state index in [1.807, 2.05) is 6.92 Å². The van der Waals surface area contributed by atoms with Gasteiger partial charge in [0.1, 0.15) is 5.82 Å². The summed E-state index contributed by atoms with van der Waals surface area (Å²) < 4.78 is 13.0. The Morgan fingerprint density at radius 2 is 2.12 bits per heavy atom. The van der Waals surface area contributed by atoms with Crippen LogP contribution in [0.5, 0.6) is 0 Å². The second kappa shape index (κ2) is 7.19. The molecule has 0 saturated carbocycles. The fraction of sp³-hybridized carbons (Fsp3) is 0.188. The summed E-state index contributed by atoms with van der Waals surface area (Å²) in [6.45, 7) is 2.38. The molecular weight excluding hydrogens is 351 g/mol. The number of carbonyl (C=O) groups excluding carboxylic acids is 1. The van der Waals surface area contributed by atoms with Crippen LogP contribution in [0.1, 0.15) is 6.92 Å². The Labute approximate surface area is 147 Å². The van der Waals surface area contributed by atoms with Gasteiger partial charge in [-0.3, -0.25) is 4.79 Å². The molecular formula is C16H14ClFN4OS. The number of anilines is 1. The van der Waals surface area contributed by atoms with Crippen molar-refractivity contribution < 1.29 is 9.18 Å². The number of halogens is 2. The largest absolute Gasteiger partial charge is 0.331 e. The minimum Gasteiger partial charge on any atom is -0.331 e. The summed E-state index contributed by atoms with van der Waals surface area (Å²) in [5.74, 6) is -0.204. The van der Waals surface area contributed by atoms with Crippen molar-refractivity contribution in [3.63, 3.8) is 0 Å². The van der Waals surface area contributed by atoms with Crippen LogP contribution in [0.4, 0.5) is 10.1 Å². The van der Waals surface area contributed by atoms with Gasteiger partial charge in [-0.1, -0.05) is 23.4 Å². The molecule has 0 atom stereocenters. The SMILES string of the molecule is CCN(C(=O)CSc1nc2ncc(Cl)cc2[nH]1)c1ccc(F)cc1. The van der Waals surface area contributed by atoms with Gasteiger partial charge >= 0.3 is 0 Å². The average Bonchev–Trinajstić information content (AvgIpc) is 2.97. The quantitative estimate of drug-likeness (QED) is 0.697. The summed E-state index contributed by atoms with van der Waals surface area (Å²) in [6.07, 6.45) is 1.53. The molecule has 0 aliphatic carbocycles. The second-order valence-electron chi connectivity index (χ2n) is 4.97. The number of pyridine rings is 1. The summed E-state index contributed by atoms with van der Waals surface area (Å²) in [7, 11) is 0. The predicted octanol–water partition coefficient (Wildman–Crippen LogP) is 3.90. The highest BCUT2D eigenvalue weighted by atomic mass is 35.5. The van der Waals surface area contributed by atoms with Gasteiger partial charge in [0.2, 0.25) is 5.91 Å². The molecule has 0 unspecified atom stereocenters. The average molecular weight is 365 g/mol. The van der Waals surface area contributed by atoms with Crippen LogP contribution in [0.25, 0.3) is 11.2 Å². The van der Waals surface area contributed by atoms with E-state index >= 15 is 0 Å². The summed E-state index contributed by atoms with van der Waals surface area (Å²) in [6, 6.07) is 7.60. The maximum Gasteiger partial charge on any atom is 0.237 e. The fourth-order valence-electron chi connectivity index (χ4n) is 2.25. The number of fused-ring (bicyclic) bond motifs is 1. The van der Waals surface area contributed by atoms with Gasteiger partial charge in [-0.2, -0.15) is 0 Å². The molecule has 2 aromatic heterocycles. The molecule has 8 heteroatoms. The van der Waals surface area contributed by atoms with Gasteiger partial charge in [0.15, 0.2) is 10.8 Å². The van der Waals surface area contributed by atoms with Gasteiger partial charge in [-0.05, 0) is 37.3 Å². The third kappa shape index (κ3) is 3.68. The van der Waals surface area contributed by atoms with Gasteiger partial charge in [0, 0.05) is 18.4 Å². The molecule has 0 spiro atoms. The van der Waals surface area contributed by atoms with Crippen molar-refractivity contribution >= 4 is 46.1 Å². The highest BCUT2D eigenvalue weighted by molar-refractivity contribution is 7.99. The minimum atomic E-state index is -0.329. The summed E-state index contributed by atoms with van der Waals surface area (Å²) in [5.41, 5.74) is 1.95. The molecule has 0 saturated heterocycles. The van der Waals surface area contributed by atoms with Gasteiger partial charge in [-0.25, -0.2) is 14.4 Å². The number of aromatic amines is 1. The van der Waals surface area contributed by atoms with Crippen molar-refractivity contribution in [3.8, 4) is 0 Å². The predicted molar refractivity (Wildman–Crippen MR) is 94.0 cm³/mol. The molecule has 0 bridgehead atoms. The van der Waals surface area contributed by atoms with Crippen molar-refractivity contribution in [3.05, 3.63) is 47.4 Å². The van der Waals surface area contributed by atoms with E-state index in [0.717, 1.165) is 5.52 Å². The van der Waals surface area contributed by atoms with Gasteiger partial charge < -0.3 is 9.88 Å². The minimum absolute atomic E-state index is 0.0828. The number of hydrogen-bond acceptors (Lipinski definition) is 4. The first kappa shape index (κ1) is 16.7. The first-order valence-corrected chi connectivity index (χ1v) is 8.63. The van der Waals surface area contributed by atoms with E-state index in [4.69, 9.17) is 11.6 Å². The Morgan fingerprint density at radius 1 is 1.38 bits per heavy atom. The van der Waals surface area contributed by atoms with Crippen LogP contribution in [0.15, 0.2) is 41.7 Å². The molecule has 3 rings (SSSR count). The Morgan fingerprint density at radius 3 is 2.83 bits per heavy atom. The van der Waals surface area contributed by atoms with E-state index < -0.39 is 0 Å². The highest BCUT2D eigenvalue weighted by Crippen LogP contribution is 2.22. The lowest BCUT2D eigenvalue weighted by atomic mass is 10.3. The van der Waals surface area contributed by atoms with Crippen molar-refractivity contribution in [2.45, 2.75) is 12.1 Å². The number of H-pyrrole nitrogens is 1. The molecule has 0 fully saturated rings. The number of imidazole rings is 1. The lowest BCUT2D eigenvalue weighted by Gasteiger charge is -2.20. The Hall–Kier alpha value is -2.12. The number of carbonyl (C=O) groups is 1. The van der Waals surface area contributed by atoms with Gasteiger partial charge in [-0.15, -0.1) is 0 Å². The highest BCUT2D eigenvalue weighted by Gasteiger charge is 2.15. The van der Waals surface area contributed by atoms with Crippen molar-refractivity contribution in [2.24, 2.45) is 0 Å². The normalized spacial score (nSPS) is 11.0. The summed E-state index contributed by atoms with van der Waals surface area (Å²) in [4.78, 5) is 25.5. The van der Waals surface area contributed by atoms with Gasteiger partial charge in [0.05, 0.1) is 16.3 Å². The molecule has 2 heterocycles. The number of rotatable bonds is 5. The third-order valence-corrected chi connectivity index (χ3v) is 4.44. The van der Waals surface area contributed by atoms with Gasteiger partial charge in [0.25, 0.3) is 0 Å². The molecule has 1 aromatic carbocycles. The lowest BCUT2D eigenvalue weighted by molar-refractivity contribution is -0.116.